The molecule has 1 aliphatic rings. The minimum atomic E-state index is -0.844. The zero-order valence-electron chi connectivity index (χ0n) is 11.9. The van der Waals surface area contributed by atoms with E-state index in [-0.39, 0.29) is 19.1 Å². The average molecular weight is 293 g/mol. The number of carbonyl (C=O) groups is 2. The molecule has 1 atom stereocenters. The van der Waals surface area contributed by atoms with Crippen molar-refractivity contribution in [3.8, 4) is 11.5 Å². The largest absolute Gasteiger partial charge is 0.497 e. The zero-order valence-corrected chi connectivity index (χ0v) is 11.9. The van der Waals surface area contributed by atoms with Crippen LogP contribution < -0.4 is 9.47 Å². The van der Waals surface area contributed by atoms with Gasteiger partial charge in [-0.15, -0.1) is 0 Å². The Balaban J connectivity index is 1.84. The Morgan fingerprint density at radius 2 is 1.95 bits per heavy atom. The average Bonchev–Trinajstić information content (AvgIpc) is 2.53. The van der Waals surface area contributed by atoms with Gasteiger partial charge in [-0.25, -0.2) is 0 Å². The van der Waals surface area contributed by atoms with Crippen LogP contribution in [0.2, 0.25) is 0 Å². The first-order valence-electron chi connectivity index (χ1n) is 6.87. The van der Waals surface area contributed by atoms with Crippen molar-refractivity contribution in [3.05, 3.63) is 24.3 Å². The fraction of sp³-hybridized carbons (Fsp3) is 0.467. The molecule has 0 bridgehead atoms. The summed E-state index contributed by atoms with van der Waals surface area (Å²) in [7, 11) is 1.58. The molecule has 1 saturated heterocycles. The molecular weight excluding hydrogens is 274 g/mol. The Morgan fingerprint density at radius 3 is 2.57 bits per heavy atom. The lowest BCUT2D eigenvalue weighted by Gasteiger charge is -2.30. The topological polar surface area (TPSA) is 76.1 Å². The molecule has 1 aromatic carbocycles. The number of amides is 1. The van der Waals surface area contributed by atoms with Crippen molar-refractivity contribution in [3.63, 3.8) is 0 Å². The van der Waals surface area contributed by atoms with Crippen LogP contribution in [0.15, 0.2) is 24.3 Å². The van der Waals surface area contributed by atoms with E-state index in [2.05, 4.69) is 0 Å². The standard InChI is InChI=1S/C15H19NO5/c1-20-12-4-6-13(7-5-12)21-10-14(17)16-8-2-3-11(9-16)15(18)19/h4-7,11H,2-3,8-10H2,1H3,(H,18,19). The number of aliphatic carboxylic acids is 1. The van der Waals surface area contributed by atoms with E-state index >= 15 is 0 Å². The van der Waals surface area contributed by atoms with E-state index in [0.29, 0.717) is 30.9 Å². The van der Waals surface area contributed by atoms with Crippen LogP contribution in [0.1, 0.15) is 12.8 Å². The van der Waals surface area contributed by atoms with Crippen LogP contribution in [0.3, 0.4) is 0 Å². The van der Waals surface area contributed by atoms with Gasteiger partial charge in [-0.2, -0.15) is 0 Å². The molecule has 0 aromatic heterocycles. The SMILES string of the molecule is COc1ccc(OCC(=O)N2CCCC(C(=O)O)C2)cc1. The van der Waals surface area contributed by atoms with Crippen molar-refractivity contribution in [1.29, 1.82) is 0 Å². The summed E-state index contributed by atoms with van der Waals surface area (Å²) >= 11 is 0. The van der Waals surface area contributed by atoms with Crippen LogP contribution in [0.5, 0.6) is 11.5 Å². The molecule has 2 rings (SSSR count). The van der Waals surface area contributed by atoms with Crippen molar-refractivity contribution < 1.29 is 24.2 Å². The van der Waals surface area contributed by atoms with Crippen molar-refractivity contribution in [1.82, 2.24) is 4.90 Å². The molecule has 1 unspecified atom stereocenters. The highest BCUT2D eigenvalue weighted by Crippen LogP contribution is 2.19. The summed E-state index contributed by atoms with van der Waals surface area (Å²) in [4.78, 5) is 24.6. The molecule has 0 radical (unpaired) electrons. The number of hydrogen-bond acceptors (Lipinski definition) is 4. The third-order valence-corrected chi connectivity index (χ3v) is 3.55. The van der Waals surface area contributed by atoms with Crippen LogP contribution in [-0.2, 0) is 9.59 Å². The predicted molar refractivity (Wildman–Crippen MR) is 75.4 cm³/mol. The summed E-state index contributed by atoms with van der Waals surface area (Å²) in [5.41, 5.74) is 0. The van der Waals surface area contributed by atoms with Gasteiger partial charge in [-0.3, -0.25) is 9.59 Å². The fourth-order valence-electron chi connectivity index (χ4n) is 2.31. The number of methoxy groups -OCH3 is 1. The third kappa shape index (κ3) is 4.11. The summed E-state index contributed by atoms with van der Waals surface area (Å²) in [6, 6.07) is 6.95. The van der Waals surface area contributed by atoms with Crippen LogP contribution in [0.4, 0.5) is 0 Å². The van der Waals surface area contributed by atoms with E-state index < -0.39 is 11.9 Å². The smallest absolute Gasteiger partial charge is 0.308 e. The van der Waals surface area contributed by atoms with Gasteiger partial charge in [0.25, 0.3) is 5.91 Å². The number of hydrogen-bond donors (Lipinski definition) is 1. The molecule has 114 valence electrons. The Labute approximate surface area is 123 Å². The number of carboxylic acid groups (broad SMARTS) is 1. The molecule has 1 heterocycles. The fourth-order valence-corrected chi connectivity index (χ4v) is 2.31. The highest BCUT2D eigenvalue weighted by molar-refractivity contribution is 5.79. The second kappa shape index (κ2) is 6.97. The quantitative estimate of drug-likeness (QED) is 0.888. The Morgan fingerprint density at radius 1 is 1.29 bits per heavy atom. The van der Waals surface area contributed by atoms with Crippen LogP contribution in [-0.4, -0.2) is 48.7 Å². The number of carboxylic acids is 1. The number of benzene rings is 1. The van der Waals surface area contributed by atoms with Crippen molar-refractivity contribution in [2.45, 2.75) is 12.8 Å². The summed E-state index contributed by atoms with van der Waals surface area (Å²) < 4.78 is 10.5. The molecule has 21 heavy (non-hydrogen) atoms. The number of ether oxygens (including phenoxy) is 2. The maximum Gasteiger partial charge on any atom is 0.308 e. The number of nitrogens with zero attached hydrogens (tertiary/aromatic N) is 1. The molecule has 0 aliphatic carbocycles. The van der Waals surface area contributed by atoms with E-state index in [1.165, 1.54) is 0 Å². The number of carbonyl (C=O) groups excluding carboxylic acids is 1. The van der Waals surface area contributed by atoms with Gasteiger partial charge in [-0.1, -0.05) is 0 Å². The molecule has 1 fully saturated rings. The molecule has 1 amide bonds. The molecule has 1 N–H and O–H groups in total. The van der Waals surface area contributed by atoms with Crippen LogP contribution >= 0.6 is 0 Å². The second-order valence-corrected chi connectivity index (χ2v) is 4.98. The molecule has 6 nitrogen and oxygen atoms in total. The number of likely N-dealkylation sites (tertiary alicyclic amines) is 1. The first kappa shape index (κ1) is 15.2. The van der Waals surface area contributed by atoms with E-state index in [0.717, 1.165) is 0 Å². The van der Waals surface area contributed by atoms with Gasteiger partial charge >= 0.3 is 5.97 Å². The maximum absolute atomic E-state index is 12.0. The Bertz CT molecular complexity index is 499. The van der Waals surface area contributed by atoms with Gasteiger partial charge in [0, 0.05) is 13.1 Å². The summed E-state index contributed by atoms with van der Waals surface area (Å²) in [5, 5.41) is 9.01. The van der Waals surface area contributed by atoms with Gasteiger partial charge in [0.2, 0.25) is 0 Å². The summed E-state index contributed by atoms with van der Waals surface area (Å²) in [6.45, 7) is 0.771. The lowest BCUT2D eigenvalue weighted by Crippen LogP contribution is -2.44. The monoisotopic (exact) mass is 293 g/mol. The molecule has 0 saturated carbocycles. The molecule has 1 aliphatic heterocycles. The highest BCUT2D eigenvalue weighted by Gasteiger charge is 2.28. The Hall–Kier alpha value is -2.24. The highest BCUT2D eigenvalue weighted by atomic mass is 16.5. The minimum absolute atomic E-state index is 0.0847. The molecular formula is C15H19NO5. The van der Waals surface area contributed by atoms with Gasteiger partial charge in [0.05, 0.1) is 13.0 Å². The first-order chi connectivity index (χ1) is 10.1. The summed E-state index contributed by atoms with van der Waals surface area (Å²) in [6.07, 6.45) is 1.34. The van der Waals surface area contributed by atoms with Crippen LogP contribution in [0.25, 0.3) is 0 Å². The lowest BCUT2D eigenvalue weighted by atomic mass is 9.98. The minimum Gasteiger partial charge on any atom is -0.497 e. The van der Waals surface area contributed by atoms with Crippen molar-refractivity contribution >= 4 is 11.9 Å². The zero-order chi connectivity index (χ0) is 15.2. The Kier molecular flexibility index (Phi) is 5.03. The van der Waals surface area contributed by atoms with Gasteiger partial charge in [0.1, 0.15) is 11.5 Å². The molecule has 0 spiro atoms. The number of piperidine rings is 1. The lowest BCUT2D eigenvalue weighted by molar-refractivity contribution is -0.146. The second-order valence-electron chi connectivity index (χ2n) is 4.98. The maximum atomic E-state index is 12.0. The van der Waals surface area contributed by atoms with Crippen LogP contribution in [0, 0.1) is 5.92 Å². The third-order valence-electron chi connectivity index (χ3n) is 3.55. The molecule has 1 aromatic rings. The summed E-state index contributed by atoms with van der Waals surface area (Å²) in [5.74, 6) is -0.200. The van der Waals surface area contributed by atoms with Gasteiger partial charge in [0.15, 0.2) is 6.61 Å². The normalized spacial score (nSPS) is 18.1. The first-order valence-corrected chi connectivity index (χ1v) is 6.87. The van der Waals surface area contributed by atoms with Crippen molar-refractivity contribution in [2.75, 3.05) is 26.8 Å². The van der Waals surface area contributed by atoms with Gasteiger partial charge < -0.3 is 19.5 Å². The van der Waals surface area contributed by atoms with Gasteiger partial charge in [-0.05, 0) is 37.1 Å². The predicted octanol–water partition coefficient (Wildman–Crippen LogP) is 1.40. The number of rotatable bonds is 5. The van der Waals surface area contributed by atoms with E-state index in [1.54, 1.807) is 36.3 Å². The van der Waals surface area contributed by atoms with E-state index in [1.807, 2.05) is 0 Å². The van der Waals surface area contributed by atoms with Crippen molar-refractivity contribution in [2.24, 2.45) is 5.92 Å². The van der Waals surface area contributed by atoms with E-state index in [4.69, 9.17) is 14.6 Å². The van der Waals surface area contributed by atoms with E-state index in [9.17, 15) is 9.59 Å². The molecule has 6 heteroatoms.